The van der Waals surface area contributed by atoms with E-state index in [1.165, 1.54) is 0 Å². The van der Waals surface area contributed by atoms with Crippen LogP contribution in [0.4, 0.5) is 5.69 Å². The van der Waals surface area contributed by atoms with Crippen LogP contribution in [-0.4, -0.2) is 33.7 Å². The van der Waals surface area contributed by atoms with Crippen LogP contribution >= 0.6 is 15.9 Å². The summed E-state index contributed by atoms with van der Waals surface area (Å²) >= 11 is 3.37. The van der Waals surface area contributed by atoms with Gasteiger partial charge >= 0.3 is 0 Å². The van der Waals surface area contributed by atoms with Crippen molar-refractivity contribution >= 4 is 37.5 Å². The first-order valence-electron chi connectivity index (χ1n) is 6.62. The van der Waals surface area contributed by atoms with E-state index >= 15 is 0 Å². The number of benzene rings is 1. The van der Waals surface area contributed by atoms with Gasteiger partial charge in [0.1, 0.15) is 6.54 Å². The molecule has 0 spiro atoms. The minimum Gasteiger partial charge on any atom is -0.354 e. The molecule has 5 nitrogen and oxygen atoms in total. The van der Waals surface area contributed by atoms with Crippen molar-refractivity contribution in [2.24, 2.45) is 5.92 Å². The van der Waals surface area contributed by atoms with Crippen LogP contribution in [0.2, 0.25) is 0 Å². The third kappa shape index (κ3) is 5.67. The summed E-state index contributed by atoms with van der Waals surface area (Å²) in [5.41, 5.74) is 1.39. The van der Waals surface area contributed by atoms with E-state index in [0.717, 1.165) is 20.6 Å². The fourth-order valence-electron chi connectivity index (χ4n) is 1.69. The second kappa shape index (κ2) is 7.26. The molecule has 0 aliphatic carbocycles. The lowest BCUT2D eigenvalue weighted by Crippen LogP contribution is -2.41. The SMILES string of the molecule is Cc1cc(N(CC(=O)NCC(C)C)S(C)(=O)=O)ccc1Br. The fourth-order valence-corrected chi connectivity index (χ4v) is 2.78. The van der Waals surface area contributed by atoms with Gasteiger partial charge in [0.15, 0.2) is 0 Å². The zero-order valence-electron chi connectivity index (χ0n) is 12.7. The highest BCUT2D eigenvalue weighted by molar-refractivity contribution is 9.10. The quantitative estimate of drug-likeness (QED) is 0.827. The molecule has 1 N–H and O–H groups in total. The number of carbonyl (C=O) groups is 1. The number of amides is 1. The molecule has 0 aromatic heterocycles. The molecule has 0 unspecified atom stereocenters. The third-order valence-electron chi connectivity index (χ3n) is 2.82. The topological polar surface area (TPSA) is 66.5 Å². The van der Waals surface area contributed by atoms with Crippen molar-refractivity contribution in [1.82, 2.24) is 5.32 Å². The highest BCUT2D eigenvalue weighted by Crippen LogP contribution is 2.24. The minimum absolute atomic E-state index is 0.216. The van der Waals surface area contributed by atoms with Crippen LogP contribution < -0.4 is 9.62 Å². The van der Waals surface area contributed by atoms with E-state index in [2.05, 4.69) is 21.2 Å². The molecule has 0 heterocycles. The Balaban J connectivity index is 2.97. The molecular weight excluding hydrogens is 356 g/mol. The number of anilines is 1. The average molecular weight is 377 g/mol. The second-order valence-electron chi connectivity index (χ2n) is 5.40. The van der Waals surface area contributed by atoms with E-state index in [1.807, 2.05) is 20.8 Å². The van der Waals surface area contributed by atoms with Crippen molar-refractivity contribution in [3.63, 3.8) is 0 Å². The fraction of sp³-hybridized carbons (Fsp3) is 0.500. The van der Waals surface area contributed by atoms with E-state index in [4.69, 9.17) is 0 Å². The Kier molecular flexibility index (Phi) is 6.22. The van der Waals surface area contributed by atoms with Gasteiger partial charge in [0.2, 0.25) is 15.9 Å². The summed E-state index contributed by atoms with van der Waals surface area (Å²) in [7, 11) is -3.52. The van der Waals surface area contributed by atoms with Crippen molar-refractivity contribution in [2.75, 3.05) is 23.7 Å². The van der Waals surface area contributed by atoms with Gasteiger partial charge in [-0.3, -0.25) is 9.10 Å². The summed E-state index contributed by atoms with van der Waals surface area (Å²) in [5.74, 6) is 0.00487. The molecule has 0 atom stereocenters. The summed E-state index contributed by atoms with van der Waals surface area (Å²) in [6, 6.07) is 5.18. The normalized spacial score (nSPS) is 11.5. The second-order valence-corrected chi connectivity index (χ2v) is 8.16. The van der Waals surface area contributed by atoms with Crippen LogP contribution in [0.3, 0.4) is 0 Å². The standard InChI is InChI=1S/C14H21BrN2O3S/c1-10(2)8-16-14(18)9-17(21(4,19)20)12-5-6-13(15)11(3)7-12/h5-7,10H,8-9H2,1-4H3,(H,16,18). The van der Waals surface area contributed by atoms with E-state index in [0.29, 0.717) is 18.2 Å². The highest BCUT2D eigenvalue weighted by atomic mass is 79.9. The van der Waals surface area contributed by atoms with Gasteiger partial charge in [0.05, 0.1) is 11.9 Å². The summed E-state index contributed by atoms with van der Waals surface area (Å²) in [6.45, 7) is 6.13. The maximum atomic E-state index is 11.9. The van der Waals surface area contributed by atoms with Crippen molar-refractivity contribution in [1.29, 1.82) is 0 Å². The van der Waals surface area contributed by atoms with Gasteiger partial charge in [0, 0.05) is 11.0 Å². The van der Waals surface area contributed by atoms with E-state index in [-0.39, 0.29) is 12.5 Å². The van der Waals surface area contributed by atoms with Gasteiger partial charge in [-0.05, 0) is 36.6 Å². The number of aryl methyl sites for hydroxylation is 1. The first-order valence-corrected chi connectivity index (χ1v) is 9.26. The lowest BCUT2D eigenvalue weighted by molar-refractivity contribution is -0.119. The predicted octanol–water partition coefficient (Wildman–Crippen LogP) is 2.30. The lowest BCUT2D eigenvalue weighted by atomic mass is 10.2. The number of rotatable bonds is 6. The zero-order chi connectivity index (χ0) is 16.2. The Morgan fingerprint density at radius 2 is 2.00 bits per heavy atom. The number of hydrogen-bond acceptors (Lipinski definition) is 3. The number of sulfonamides is 1. The number of carbonyl (C=O) groups excluding carboxylic acids is 1. The zero-order valence-corrected chi connectivity index (χ0v) is 15.1. The number of nitrogens with one attached hydrogen (secondary N) is 1. The number of hydrogen-bond donors (Lipinski definition) is 1. The van der Waals surface area contributed by atoms with Gasteiger partial charge < -0.3 is 5.32 Å². The smallest absolute Gasteiger partial charge is 0.240 e. The Hall–Kier alpha value is -1.08. The molecule has 0 fully saturated rings. The highest BCUT2D eigenvalue weighted by Gasteiger charge is 2.21. The molecule has 0 aliphatic rings. The van der Waals surface area contributed by atoms with Crippen LogP contribution in [0.25, 0.3) is 0 Å². The molecule has 1 rings (SSSR count). The molecule has 21 heavy (non-hydrogen) atoms. The Bertz CT molecular complexity index is 615. The van der Waals surface area contributed by atoms with Crippen molar-refractivity contribution < 1.29 is 13.2 Å². The maximum absolute atomic E-state index is 11.9. The van der Waals surface area contributed by atoms with Crippen LogP contribution in [0.15, 0.2) is 22.7 Å². The van der Waals surface area contributed by atoms with Crippen LogP contribution in [0, 0.1) is 12.8 Å². The van der Waals surface area contributed by atoms with Gasteiger partial charge in [-0.1, -0.05) is 29.8 Å². The monoisotopic (exact) mass is 376 g/mol. The minimum atomic E-state index is -3.52. The average Bonchev–Trinajstić information content (AvgIpc) is 2.35. The number of nitrogens with zero attached hydrogens (tertiary/aromatic N) is 1. The Labute approximate surface area is 134 Å². The number of halogens is 1. The molecule has 7 heteroatoms. The van der Waals surface area contributed by atoms with Crippen molar-refractivity contribution in [2.45, 2.75) is 20.8 Å². The van der Waals surface area contributed by atoms with Crippen molar-refractivity contribution in [3.8, 4) is 0 Å². The molecule has 0 radical (unpaired) electrons. The maximum Gasteiger partial charge on any atom is 0.240 e. The molecule has 0 saturated carbocycles. The first-order chi connectivity index (χ1) is 9.61. The summed E-state index contributed by atoms with van der Waals surface area (Å²) in [6.07, 6.45) is 1.10. The van der Waals surface area contributed by atoms with E-state index < -0.39 is 10.0 Å². The van der Waals surface area contributed by atoms with Gasteiger partial charge in [-0.2, -0.15) is 0 Å². The Morgan fingerprint density at radius 1 is 1.38 bits per heavy atom. The summed E-state index contributed by atoms with van der Waals surface area (Å²) in [4.78, 5) is 11.9. The summed E-state index contributed by atoms with van der Waals surface area (Å²) in [5, 5.41) is 2.73. The van der Waals surface area contributed by atoms with Crippen molar-refractivity contribution in [3.05, 3.63) is 28.2 Å². The van der Waals surface area contributed by atoms with Crippen LogP contribution in [0.1, 0.15) is 19.4 Å². The molecule has 1 amide bonds. The molecule has 1 aromatic rings. The molecule has 0 bridgehead atoms. The molecule has 118 valence electrons. The lowest BCUT2D eigenvalue weighted by Gasteiger charge is -2.22. The largest absolute Gasteiger partial charge is 0.354 e. The Morgan fingerprint density at radius 3 is 2.48 bits per heavy atom. The summed E-state index contributed by atoms with van der Waals surface area (Å²) < 4.78 is 25.9. The van der Waals surface area contributed by atoms with Gasteiger partial charge in [0.25, 0.3) is 0 Å². The third-order valence-corrected chi connectivity index (χ3v) is 4.85. The molecule has 0 saturated heterocycles. The van der Waals surface area contributed by atoms with E-state index in [1.54, 1.807) is 18.2 Å². The first kappa shape index (κ1) is 18.0. The molecule has 1 aromatic carbocycles. The molecular formula is C14H21BrN2O3S. The van der Waals surface area contributed by atoms with E-state index in [9.17, 15) is 13.2 Å². The van der Waals surface area contributed by atoms with Crippen LogP contribution in [-0.2, 0) is 14.8 Å². The molecule has 0 aliphatic heterocycles. The van der Waals surface area contributed by atoms with Gasteiger partial charge in [-0.15, -0.1) is 0 Å². The van der Waals surface area contributed by atoms with Crippen LogP contribution in [0.5, 0.6) is 0 Å². The predicted molar refractivity (Wildman–Crippen MR) is 88.9 cm³/mol. The van der Waals surface area contributed by atoms with Gasteiger partial charge in [-0.25, -0.2) is 8.42 Å².